The first-order chi connectivity index (χ1) is 8.69. The molecule has 2 rings (SSSR count). The number of hydrogen-bond acceptors (Lipinski definition) is 5. The third-order valence-corrected chi connectivity index (χ3v) is 2.20. The minimum atomic E-state index is -1.09. The summed E-state index contributed by atoms with van der Waals surface area (Å²) in [6, 6.07) is 8.51. The monoisotopic (exact) mass is 245 g/mol. The van der Waals surface area contributed by atoms with E-state index in [-0.39, 0.29) is 11.6 Å². The molecule has 6 heteroatoms. The molecule has 2 aromatic rings. The van der Waals surface area contributed by atoms with Crippen LogP contribution in [0.15, 0.2) is 36.5 Å². The maximum absolute atomic E-state index is 10.8. The Hall–Kier alpha value is -2.63. The zero-order chi connectivity index (χ0) is 13.0. The average Bonchev–Trinajstić information content (AvgIpc) is 2.39. The summed E-state index contributed by atoms with van der Waals surface area (Å²) in [5.74, 6) is -0.177. The highest BCUT2D eigenvalue weighted by molar-refractivity contribution is 5.85. The molecule has 0 saturated heterocycles. The maximum Gasteiger partial charge on any atom is 0.354 e. The molecule has 0 amide bonds. The standard InChI is InChI=1S/C12H11N3O3/c1-18-9-4-2-3-8(7-9)14-12-13-6-5-10(15-12)11(16)17/h2-7H,1H3,(H,16,17)(H,13,14,15). The van der Waals surface area contributed by atoms with E-state index in [0.29, 0.717) is 5.75 Å². The molecule has 0 radical (unpaired) electrons. The Morgan fingerprint density at radius 3 is 2.94 bits per heavy atom. The van der Waals surface area contributed by atoms with Crippen molar-refractivity contribution in [3.63, 3.8) is 0 Å². The molecule has 0 saturated carbocycles. The van der Waals surface area contributed by atoms with Crippen molar-refractivity contribution >= 4 is 17.6 Å². The van der Waals surface area contributed by atoms with Crippen LogP contribution in [-0.4, -0.2) is 28.2 Å². The number of hydrogen-bond donors (Lipinski definition) is 2. The summed E-state index contributed by atoms with van der Waals surface area (Å²) in [5, 5.41) is 11.7. The van der Waals surface area contributed by atoms with Crippen molar-refractivity contribution in [1.29, 1.82) is 0 Å². The van der Waals surface area contributed by atoms with Gasteiger partial charge in [0.05, 0.1) is 7.11 Å². The predicted octanol–water partition coefficient (Wildman–Crippen LogP) is 1.93. The van der Waals surface area contributed by atoms with Gasteiger partial charge in [-0.25, -0.2) is 14.8 Å². The van der Waals surface area contributed by atoms with Gasteiger partial charge in [-0.3, -0.25) is 0 Å². The van der Waals surface area contributed by atoms with Crippen LogP contribution in [0.2, 0.25) is 0 Å². The number of aromatic carboxylic acids is 1. The normalized spacial score (nSPS) is 9.83. The number of nitrogens with one attached hydrogen (secondary N) is 1. The van der Waals surface area contributed by atoms with Crippen LogP contribution >= 0.6 is 0 Å². The van der Waals surface area contributed by atoms with E-state index in [4.69, 9.17) is 9.84 Å². The van der Waals surface area contributed by atoms with E-state index < -0.39 is 5.97 Å². The first-order valence-electron chi connectivity index (χ1n) is 5.16. The fourth-order valence-corrected chi connectivity index (χ4v) is 1.37. The number of anilines is 2. The lowest BCUT2D eigenvalue weighted by Crippen LogP contribution is -2.04. The molecule has 0 unspecified atom stereocenters. The van der Waals surface area contributed by atoms with Gasteiger partial charge in [0.2, 0.25) is 5.95 Å². The van der Waals surface area contributed by atoms with Crippen LogP contribution in [0.1, 0.15) is 10.5 Å². The van der Waals surface area contributed by atoms with Crippen LogP contribution in [0.4, 0.5) is 11.6 Å². The Labute approximate surface area is 103 Å². The summed E-state index contributed by atoms with van der Waals surface area (Å²) in [7, 11) is 1.57. The summed E-state index contributed by atoms with van der Waals surface area (Å²) < 4.78 is 5.08. The molecule has 1 aromatic carbocycles. The Morgan fingerprint density at radius 1 is 1.39 bits per heavy atom. The number of ether oxygens (including phenoxy) is 1. The highest BCUT2D eigenvalue weighted by atomic mass is 16.5. The van der Waals surface area contributed by atoms with Crippen LogP contribution < -0.4 is 10.1 Å². The molecule has 6 nitrogen and oxygen atoms in total. The Bertz CT molecular complexity index is 572. The molecule has 0 bridgehead atoms. The Kier molecular flexibility index (Phi) is 3.38. The fraction of sp³-hybridized carbons (Fsp3) is 0.0833. The quantitative estimate of drug-likeness (QED) is 0.856. The number of benzene rings is 1. The van der Waals surface area contributed by atoms with Gasteiger partial charge in [0.25, 0.3) is 0 Å². The zero-order valence-corrected chi connectivity index (χ0v) is 9.62. The molecule has 0 fully saturated rings. The summed E-state index contributed by atoms with van der Waals surface area (Å²) in [5.41, 5.74) is 0.660. The van der Waals surface area contributed by atoms with Gasteiger partial charge in [0.1, 0.15) is 5.75 Å². The van der Waals surface area contributed by atoms with Gasteiger partial charge in [-0.2, -0.15) is 0 Å². The molecule has 0 aliphatic carbocycles. The smallest absolute Gasteiger partial charge is 0.354 e. The third-order valence-electron chi connectivity index (χ3n) is 2.20. The average molecular weight is 245 g/mol. The maximum atomic E-state index is 10.8. The van der Waals surface area contributed by atoms with Crippen LogP contribution in [-0.2, 0) is 0 Å². The number of aromatic nitrogens is 2. The number of carboxylic acids is 1. The van der Waals surface area contributed by atoms with Gasteiger partial charge in [0.15, 0.2) is 5.69 Å². The molecular formula is C12H11N3O3. The summed E-state index contributed by atoms with van der Waals surface area (Å²) >= 11 is 0. The van der Waals surface area contributed by atoms with E-state index in [0.717, 1.165) is 5.69 Å². The minimum Gasteiger partial charge on any atom is -0.497 e. The molecule has 0 aliphatic heterocycles. The molecule has 0 atom stereocenters. The van der Waals surface area contributed by atoms with Gasteiger partial charge in [-0.1, -0.05) is 6.07 Å². The van der Waals surface area contributed by atoms with Crippen LogP contribution in [0, 0.1) is 0 Å². The van der Waals surface area contributed by atoms with E-state index in [1.807, 2.05) is 6.07 Å². The van der Waals surface area contributed by atoms with Gasteiger partial charge in [0, 0.05) is 18.0 Å². The number of nitrogens with zero attached hydrogens (tertiary/aromatic N) is 2. The largest absolute Gasteiger partial charge is 0.497 e. The number of carbonyl (C=O) groups is 1. The highest BCUT2D eigenvalue weighted by Crippen LogP contribution is 2.19. The van der Waals surface area contributed by atoms with Gasteiger partial charge in [-0.05, 0) is 18.2 Å². The lowest BCUT2D eigenvalue weighted by atomic mass is 10.3. The summed E-state index contributed by atoms with van der Waals surface area (Å²) in [4.78, 5) is 18.6. The fourth-order valence-electron chi connectivity index (χ4n) is 1.37. The highest BCUT2D eigenvalue weighted by Gasteiger charge is 2.06. The van der Waals surface area contributed by atoms with E-state index >= 15 is 0 Å². The third kappa shape index (κ3) is 2.73. The second-order valence-electron chi connectivity index (χ2n) is 3.43. The Morgan fingerprint density at radius 2 is 2.22 bits per heavy atom. The molecule has 1 heterocycles. The summed E-state index contributed by atoms with van der Waals surface area (Å²) in [6.45, 7) is 0. The van der Waals surface area contributed by atoms with Crippen molar-refractivity contribution in [2.24, 2.45) is 0 Å². The molecule has 1 aromatic heterocycles. The van der Waals surface area contributed by atoms with Gasteiger partial charge >= 0.3 is 5.97 Å². The first-order valence-corrected chi connectivity index (χ1v) is 5.16. The molecule has 0 spiro atoms. The van der Waals surface area contributed by atoms with Crippen molar-refractivity contribution < 1.29 is 14.6 Å². The van der Waals surface area contributed by atoms with Crippen molar-refractivity contribution in [2.75, 3.05) is 12.4 Å². The second kappa shape index (κ2) is 5.13. The van der Waals surface area contributed by atoms with Gasteiger partial charge < -0.3 is 15.2 Å². The minimum absolute atomic E-state index is 0.0598. The molecule has 0 aliphatic rings. The van der Waals surface area contributed by atoms with Crippen LogP contribution in [0.3, 0.4) is 0 Å². The topological polar surface area (TPSA) is 84.3 Å². The molecular weight excluding hydrogens is 234 g/mol. The molecule has 18 heavy (non-hydrogen) atoms. The van der Waals surface area contributed by atoms with E-state index in [2.05, 4.69) is 15.3 Å². The predicted molar refractivity (Wildman–Crippen MR) is 65.3 cm³/mol. The van der Waals surface area contributed by atoms with E-state index in [1.54, 1.807) is 25.3 Å². The Balaban J connectivity index is 2.22. The number of rotatable bonds is 4. The van der Waals surface area contributed by atoms with Crippen molar-refractivity contribution in [1.82, 2.24) is 9.97 Å². The van der Waals surface area contributed by atoms with E-state index in [1.165, 1.54) is 12.3 Å². The van der Waals surface area contributed by atoms with Crippen LogP contribution in [0.25, 0.3) is 0 Å². The lowest BCUT2D eigenvalue weighted by Gasteiger charge is -2.06. The number of carboxylic acid groups (broad SMARTS) is 1. The van der Waals surface area contributed by atoms with Crippen molar-refractivity contribution in [3.8, 4) is 5.75 Å². The van der Waals surface area contributed by atoms with Crippen LogP contribution in [0.5, 0.6) is 5.75 Å². The lowest BCUT2D eigenvalue weighted by molar-refractivity contribution is 0.0690. The zero-order valence-electron chi connectivity index (χ0n) is 9.62. The molecule has 2 N–H and O–H groups in total. The molecule has 92 valence electrons. The van der Waals surface area contributed by atoms with Crippen molar-refractivity contribution in [3.05, 3.63) is 42.2 Å². The second-order valence-corrected chi connectivity index (χ2v) is 3.43. The summed E-state index contributed by atoms with van der Waals surface area (Å²) in [6.07, 6.45) is 1.39. The van der Waals surface area contributed by atoms with Crippen molar-refractivity contribution in [2.45, 2.75) is 0 Å². The number of methoxy groups -OCH3 is 1. The van der Waals surface area contributed by atoms with Gasteiger partial charge in [-0.15, -0.1) is 0 Å². The first kappa shape index (κ1) is 11.8. The van der Waals surface area contributed by atoms with E-state index in [9.17, 15) is 4.79 Å². The SMILES string of the molecule is COc1cccc(Nc2nccc(C(=O)O)n2)c1.